The molecule has 11 heteroatoms. The maximum Gasteiger partial charge on any atom is 0.430 e. The second-order valence-electron chi connectivity index (χ2n) is 3.63. The zero-order valence-electron chi connectivity index (χ0n) is 9.09. The number of nitrogens with zero attached hydrogens (tertiary/aromatic N) is 1. The lowest BCUT2D eigenvalue weighted by Crippen LogP contribution is -2.53. The summed E-state index contributed by atoms with van der Waals surface area (Å²) < 4.78 is 75.3. The lowest BCUT2D eigenvalue weighted by Gasteiger charge is -2.32. The number of alkyl halides is 6. The van der Waals surface area contributed by atoms with E-state index in [9.17, 15) is 36.5 Å². The van der Waals surface area contributed by atoms with Gasteiger partial charge in [0.15, 0.2) is 0 Å². The molecular formula is C9H4ClF6NO3. The highest BCUT2D eigenvalue weighted by atomic mass is 35.5. The van der Waals surface area contributed by atoms with E-state index < -0.39 is 39.2 Å². The molecule has 0 atom stereocenters. The fraction of sp³-hybridized carbons (Fsp3) is 0.333. The summed E-state index contributed by atoms with van der Waals surface area (Å²) in [7, 11) is 0. The van der Waals surface area contributed by atoms with Crippen molar-refractivity contribution in [2.75, 3.05) is 0 Å². The highest BCUT2D eigenvalue weighted by Gasteiger charge is 2.71. The Morgan fingerprint density at radius 3 is 1.90 bits per heavy atom. The van der Waals surface area contributed by atoms with Gasteiger partial charge in [0, 0.05) is 11.6 Å². The molecular weight excluding hydrogens is 320 g/mol. The topological polar surface area (TPSA) is 63.4 Å². The Kier molecular flexibility index (Phi) is 3.94. The summed E-state index contributed by atoms with van der Waals surface area (Å²) in [6, 6.07) is 0.622. The summed E-state index contributed by atoms with van der Waals surface area (Å²) in [5.41, 5.74) is -8.15. The lowest BCUT2D eigenvalue weighted by molar-refractivity contribution is -0.386. The first-order chi connectivity index (χ1) is 8.82. The molecule has 0 aliphatic carbocycles. The molecule has 1 aromatic rings. The molecule has 0 saturated heterocycles. The normalized spacial score (nSPS) is 13.4. The minimum Gasteiger partial charge on any atom is -0.369 e. The first kappa shape index (κ1) is 16.5. The highest BCUT2D eigenvalue weighted by molar-refractivity contribution is 6.32. The smallest absolute Gasteiger partial charge is 0.369 e. The van der Waals surface area contributed by atoms with Crippen LogP contribution in [0.3, 0.4) is 0 Å². The standard InChI is InChI=1S/C9H4ClF6NO3/c10-5-2-1-4(3-6(5)17(19)20)7(18,8(11,12)13)9(14,15)16/h1-3,18H. The van der Waals surface area contributed by atoms with Crippen LogP contribution in [0, 0.1) is 10.1 Å². The maximum absolute atomic E-state index is 12.5. The predicted molar refractivity (Wildman–Crippen MR) is 54.1 cm³/mol. The SMILES string of the molecule is O=[N+]([O-])c1cc(C(O)(C(F)(F)F)C(F)(F)F)ccc1Cl. The van der Waals surface area contributed by atoms with Gasteiger partial charge in [-0.25, -0.2) is 0 Å². The van der Waals surface area contributed by atoms with Gasteiger partial charge in [0.25, 0.3) is 11.3 Å². The van der Waals surface area contributed by atoms with Crippen LogP contribution in [0.25, 0.3) is 0 Å². The van der Waals surface area contributed by atoms with Gasteiger partial charge in [0.1, 0.15) is 5.02 Å². The van der Waals surface area contributed by atoms with E-state index in [4.69, 9.17) is 16.7 Å². The van der Waals surface area contributed by atoms with Gasteiger partial charge >= 0.3 is 12.4 Å². The fourth-order valence-electron chi connectivity index (χ4n) is 1.37. The summed E-state index contributed by atoms with van der Waals surface area (Å²) in [6.45, 7) is 0. The molecule has 1 aromatic carbocycles. The second-order valence-corrected chi connectivity index (χ2v) is 4.04. The Morgan fingerprint density at radius 2 is 1.55 bits per heavy atom. The quantitative estimate of drug-likeness (QED) is 0.514. The average molecular weight is 324 g/mol. The Labute approximate surface area is 111 Å². The summed E-state index contributed by atoms with van der Waals surface area (Å²) in [6.07, 6.45) is -12.2. The molecule has 0 amide bonds. The van der Waals surface area contributed by atoms with E-state index in [0.29, 0.717) is 6.07 Å². The molecule has 0 spiro atoms. The van der Waals surface area contributed by atoms with Crippen LogP contribution in [0.4, 0.5) is 32.0 Å². The van der Waals surface area contributed by atoms with Crippen molar-refractivity contribution in [3.63, 3.8) is 0 Å². The van der Waals surface area contributed by atoms with E-state index in [2.05, 4.69) is 0 Å². The minimum absolute atomic E-state index is 0.0662. The van der Waals surface area contributed by atoms with Crippen molar-refractivity contribution < 1.29 is 36.4 Å². The number of hydrogen-bond acceptors (Lipinski definition) is 3. The molecule has 112 valence electrons. The fourth-order valence-corrected chi connectivity index (χ4v) is 1.55. The number of rotatable bonds is 2. The number of nitro benzene ring substituents is 1. The number of hydrogen-bond donors (Lipinski definition) is 1. The Hall–Kier alpha value is -1.55. The van der Waals surface area contributed by atoms with E-state index in [1.54, 1.807) is 0 Å². The maximum atomic E-state index is 12.5. The summed E-state index contributed by atoms with van der Waals surface area (Å²) in [4.78, 5) is 9.21. The van der Waals surface area contributed by atoms with Crippen molar-refractivity contribution in [2.45, 2.75) is 18.0 Å². The van der Waals surface area contributed by atoms with Crippen LogP contribution < -0.4 is 0 Å². The van der Waals surface area contributed by atoms with E-state index in [-0.39, 0.29) is 12.1 Å². The van der Waals surface area contributed by atoms with Gasteiger partial charge in [-0.05, 0) is 6.07 Å². The van der Waals surface area contributed by atoms with Crippen LogP contribution in [0.15, 0.2) is 18.2 Å². The molecule has 0 unspecified atom stereocenters. The van der Waals surface area contributed by atoms with Crippen LogP contribution in [-0.2, 0) is 5.60 Å². The van der Waals surface area contributed by atoms with Crippen LogP contribution in [-0.4, -0.2) is 22.4 Å². The van der Waals surface area contributed by atoms with Gasteiger partial charge in [0.05, 0.1) is 4.92 Å². The van der Waals surface area contributed by atoms with Crippen LogP contribution in [0.5, 0.6) is 0 Å². The third-order valence-corrected chi connectivity index (χ3v) is 2.70. The average Bonchev–Trinajstić information content (AvgIpc) is 2.25. The monoisotopic (exact) mass is 323 g/mol. The molecule has 0 saturated carbocycles. The van der Waals surface area contributed by atoms with Crippen molar-refractivity contribution in [3.05, 3.63) is 38.9 Å². The van der Waals surface area contributed by atoms with Crippen LogP contribution in [0.2, 0.25) is 5.02 Å². The molecule has 0 heterocycles. The van der Waals surface area contributed by atoms with Crippen molar-refractivity contribution in [1.82, 2.24) is 0 Å². The number of aliphatic hydroxyl groups is 1. The molecule has 4 nitrogen and oxygen atoms in total. The Balaban J connectivity index is 3.61. The van der Waals surface area contributed by atoms with Gasteiger partial charge in [0.2, 0.25) is 0 Å². The van der Waals surface area contributed by atoms with Crippen molar-refractivity contribution in [1.29, 1.82) is 0 Å². The minimum atomic E-state index is -6.12. The third kappa shape index (κ3) is 2.52. The number of nitro groups is 1. The van der Waals surface area contributed by atoms with Crippen LogP contribution >= 0.6 is 11.6 Å². The van der Waals surface area contributed by atoms with Gasteiger partial charge in [-0.1, -0.05) is 17.7 Å². The molecule has 0 aromatic heterocycles. The summed E-state index contributed by atoms with van der Waals surface area (Å²) in [5, 5.41) is 18.9. The zero-order valence-corrected chi connectivity index (χ0v) is 9.84. The zero-order chi connectivity index (χ0) is 15.9. The van der Waals surface area contributed by atoms with Crippen molar-refractivity contribution in [2.24, 2.45) is 0 Å². The van der Waals surface area contributed by atoms with Crippen LogP contribution in [0.1, 0.15) is 5.56 Å². The molecule has 0 radical (unpaired) electrons. The van der Waals surface area contributed by atoms with E-state index in [0.717, 1.165) is 0 Å². The number of benzene rings is 1. The van der Waals surface area contributed by atoms with Gasteiger partial charge < -0.3 is 5.11 Å². The number of halogens is 7. The molecule has 0 aliphatic heterocycles. The predicted octanol–water partition coefficient (Wildman–Crippen LogP) is 3.56. The molecule has 20 heavy (non-hydrogen) atoms. The highest BCUT2D eigenvalue weighted by Crippen LogP contribution is 2.50. The molecule has 0 bridgehead atoms. The Bertz CT molecular complexity index is 527. The van der Waals surface area contributed by atoms with Crippen molar-refractivity contribution in [3.8, 4) is 0 Å². The first-order valence-electron chi connectivity index (χ1n) is 4.62. The molecule has 1 N–H and O–H groups in total. The largest absolute Gasteiger partial charge is 0.430 e. The molecule has 0 fully saturated rings. The Morgan fingerprint density at radius 1 is 1.10 bits per heavy atom. The third-order valence-electron chi connectivity index (χ3n) is 2.38. The van der Waals surface area contributed by atoms with E-state index >= 15 is 0 Å². The van der Waals surface area contributed by atoms with Crippen molar-refractivity contribution >= 4 is 17.3 Å². The van der Waals surface area contributed by atoms with Gasteiger partial charge in [-0.2, -0.15) is 26.3 Å². The molecule has 0 aliphatic rings. The first-order valence-corrected chi connectivity index (χ1v) is 5.00. The summed E-state index contributed by atoms with van der Waals surface area (Å²) in [5.74, 6) is 0. The van der Waals surface area contributed by atoms with E-state index in [1.807, 2.05) is 0 Å². The lowest BCUT2D eigenvalue weighted by atomic mass is 9.92. The second kappa shape index (κ2) is 4.77. The van der Waals surface area contributed by atoms with Gasteiger partial charge in [-0.3, -0.25) is 10.1 Å². The van der Waals surface area contributed by atoms with Gasteiger partial charge in [-0.15, -0.1) is 0 Å². The molecule has 1 rings (SSSR count). The summed E-state index contributed by atoms with van der Waals surface area (Å²) >= 11 is 5.28. The van der Waals surface area contributed by atoms with E-state index in [1.165, 1.54) is 0 Å².